The highest BCUT2D eigenvalue weighted by Crippen LogP contribution is 2.37. The first-order valence-corrected chi connectivity index (χ1v) is 11.4. The number of carbonyl (C=O) groups is 2. The minimum Gasteiger partial charge on any atom is -0.340 e. The number of piperazine rings is 1. The first kappa shape index (κ1) is 22.4. The molecule has 2 heterocycles. The number of nitrogens with zero attached hydrogens (tertiary/aromatic N) is 3. The molecule has 170 valence electrons. The summed E-state index contributed by atoms with van der Waals surface area (Å²) in [5.41, 5.74) is 3.42. The molecule has 1 atom stereocenters. The fraction of sp³-hybridized carbons (Fsp3) is 0.480. The first-order chi connectivity index (χ1) is 15.3. The van der Waals surface area contributed by atoms with Gasteiger partial charge in [0.05, 0.1) is 5.56 Å². The van der Waals surface area contributed by atoms with Crippen molar-refractivity contribution in [1.29, 1.82) is 0 Å². The van der Waals surface area contributed by atoms with Crippen molar-refractivity contribution in [2.75, 3.05) is 31.5 Å². The van der Waals surface area contributed by atoms with Gasteiger partial charge in [0.15, 0.2) is 0 Å². The second kappa shape index (κ2) is 9.36. The number of pyridine rings is 1. The van der Waals surface area contributed by atoms with E-state index in [0.717, 1.165) is 29.9 Å². The Morgan fingerprint density at radius 1 is 1.16 bits per heavy atom. The standard InChI is InChI=1S/C25H31FN4O2/c1-16-4-5-20(14-27-16)24(31)28-23-13-22(26)12-21(17(23)2)15-29-8-10-30(11-9-29)25(32)18(3)19-6-7-19/h4-5,12-14,18-19H,6-11,15H2,1-3H3,(H,28,31). The topological polar surface area (TPSA) is 65.5 Å². The lowest BCUT2D eigenvalue weighted by molar-refractivity contribution is -0.137. The smallest absolute Gasteiger partial charge is 0.257 e. The molecule has 1 aromatic carbocycles. The van der Waals surface area contributed by atoms with Crippen LogP contribution in [0.15, 0.2) is 30.5 Å². The maximum absolute atomic E-state index is 14.4. The predicted octanol–water partition coefficient (Wildman–Crippen LogP) is 3.78. The molecule has 1 aliphatic carbocycles. The molecular formula is C25H31FN4O2. The van der Waals surface area contributed by atoms with Gasteiger partial charge < -0.3 is 10.2 Å². The highest BCUT2D eigenvalue weighted by atomic mass is 19.1. The molecule has 0 spiro atoms. The molecule has 0 bridgehead atoms. The van der Waals surface area contributed by atoms with Crippen molar-refractivity contribution in [2.45, 2.75) is 40.2 Å². The Labute approximate surface area is 188 Å². The number of benzene rings is 1. The van der Waals surface area contributed by atoms with Gasteiger partial charge in [-0.2, -0.15) is 0 Å². The summed E-state index contributed by atoms with van der Waals surface area (Å²) in [5.74, 6) is 0.274. The Balaban J connectivity index is 1.39. The van der Waals surface area contributed by atoms with Crippen LogP contribution in [-0.2, 0) is 11.3 Å². The largest absolute Gasteiger partial charge is 0.340 e. The SMILES string of the molecule is Cc1ccc(C(=O)Nc2cc(F)cc(CN3CCN(C(=O)C(C)C4CC4)CC3)c2C)cn1. The summed E-state index contributed by atoms with van der Waals surface area (Å²) in [4.78, 5) is 33.6. The first-order valence-electron chi connectivity index (χ1n) is 11.4. The lowest BCUT2D eigenvalue weighted by atomic mass is 10.0. The minimum absolute atomic E-state index is 0.127. The average molecular weight is 439 g/mol. The van der Waals surface area contributed by atoms with E-state index < -0.39 is 0 Å². The monoisotopic (exact) mass is 438 g/mol. The third-order valence-electron chi connectivity index (χ3n) is 6.70. The number of aryl methyl sites for hydroxylation is 1. The van der Waals surface area contributed by atoms with E-state index >= 15 is 0 Å². The quantitative estimate of drug-likeness (QED) is 0.746. The molecule has 32 heavy (non-hydrogen) atoms. The number of amides is 2. The number of nitrogens with one attached hydrogen (secondary N) is 1. The second-order valence-electron chi connectivity index (χ2n) is 9.11. The van der Waals surface area contributed by atoms with Crippen LogP contribution in [0, 0.1) is 31.5 Å². The highest BCUT2D eigenvalue weighted by molar-refractivity contribution is 6.04. The van der Waals surface area contributed by atoms with Crippen molar-refractivity contribution in [3.63, 3.8) is 0 Å². The summed E-state index contributed by atoms with van der Waals surface area (Å²) in [5, 5.41) is 2.82. The zero-order valence-electron chi connectivity index (χ0n) is 19.0. The van der Waals surface area contributed by atoms with E-state index in [1.165, 1.54) is 31.2 Å². The van der Waals surface area contributed by atoms with E-state index in [1.54, 1.807) is 12.1 Å². The van der Waals surface area contributed by atoms with Crippen LogP contribution in [0.3, 0.4) is 0 Å². The lowest BCUT2D eigenvalue weighted by Gasteiger charge is -2.36. The number of aromatic nitrogens is 1. The molecule has 6 nitrogen and oxygen atoms in total. The molecule has 1 saturated heterocycles. The third-order valence-corrected chi connectivity index (χ3v) is 6.70. The summed E-state index contributed by atoms with van der Waals surface area (Å²) in [6.45, 7) is 9.31. The van der Waals surface area contributed by atoms with E-state index in [-0.39, 0.29) is 23.5 Å². The molecule has 2 fully saturated rings. The van der Waals surface area contributed by atoms with Gasteiger partial charge in [-0.25, -0.2) is 4.39 Å². The molecule has 1 saturated carbocycles. The van der Waals surface area contributed by atoms with Crippen LogP contribution in [0.4, 0.5) is 10.1 Å². The minimum atomic E-state index is -0.380. The third kappa shape index (κ3) is 5.15. The zero-order chi connectivity index (χ0) is 22.8. The Bertz CT molecular complexity index is 996. The Kier molecular flexibility index (Phi) is 6.55. The molecule has 0 radical (unpaired) electrons. The lowest BCUT2D eigenvalue weighted by Crippen LogP contribution is -2.50. The second-order valence-corrected chi connectivity index (χ2v) is 9.11. The van der Waals surface area contributed by atoms with Gasteiger partial charge in [-0.3, -0.25) is 19.5 Å². The van der Waals surface area contributed by atoms with Crippen LogP contribution in [0.1, 0.15) is 46.9 Å². The van der Waals surface area contributed by atoms with Gasteiger partial charge >= 0.3 is 0 Å². The van der Waals surface area contributed by atoms with Gasteiger partial charge in [0, 0.05) is 56.2 Å². The van der Waals surface area contributed by atoms with E-state index in [4.69, 9.17) is 0 Å². The summed E-state index contributed by atoms with van der Waals surface area (Å²) in [6, 6.07) is 6.37. The van der Waals surface area contributed by atoms with E-state index in [1.807, 2.05) is 25.7 Å². The van der Waals surface area contributed by atoms with Gasteiger partial charge in [-0.15, -0.1) is 0 Å². The van der Waals surface area contributed by atoms with E-state index in [9.17, 15) is 14.0 Å². The van der Waals surface area contributed by atoms with Crippen LogP contribution in [0.5, 0.6) is 0 Å². The summed E-state index contributed by atoms with van der Waals surface area (Å²) >= 11 is 0. The average Bonchev–Trinajstić information content (AvgIpc) is 3.62. The van der Waals surface area contributed by atoms with Crippen molar-refractivity contribution >= 4 is 17.5 Å². The maximum Gasteiger partial charge on any atom is 0.257 e. The molecule has 1 aliphatic heterocycles. The molecule has 4 rings (SSSR count). The van der Waals surface area contributed by atoms with E-state index in [2.05, 4.69) is 15.2 Å². The van der Waals surface area contributed by atoms with Crippen LogP contribution in [-0.4, -0.2) is 52.8 Å². The number of carbonyl (C=O) groups excluding carboxylic acids is 2. The zero-order valence-corrected chi connectivity index (χ0v) is 19.0. The summed E-state index contributed by atoms with van der Waals surface area (Å²) < 4.78 is 14.4. The predicted molar refractivity (Wildman–Crippen MR) is 122 cm³/mol. The highest BCUT2D eigenvalue weighted by Gasteiger charge is 2.35. The Hall–Kier alpha value is -2.80. The molecule has 1 unspecified atom stereocenters. The van der Waals surface area contributed by atoms with E-state index in [0.29, 0.717) is 36.8 Å². The number of halogens is 1. The molecular weight excluding hydrogens is 407 g/mol. The van der Waals surface area contributed by atoms with Crippen molar-refractivity contribution in [3.05, 3.63) is 58.7 Å². The van der Waals surface area contributed by atoms with Gasteiger partial charge in [-0.05, 0) is 68.0 Å². The van der Waals surface area contributed by atoms with Crippen molar-refractivity contribution in [1.82, 2.24) is 14.8 Å². The Morgan fingerprint density at radius 2 is 1.88 bits per heavy atom. The molecule has 1 N–H and O–H groups in total. The fourth-order valence-corrected chi connectivity index (χ4v) is 4.28. The Morgan fingerprint density at radius 3 is 2.50 bits per heavy atom. The van der Waals surface area contributed by atoms with Crippen molar-refractivity contribution in [2.24, 2.45) is 11.8 Å². The van der Waals surface area contributed by atoms with Gasteiger partial charge in [-0.1, -0.05) is 6.92 Å². The summed E-state index contributed by atoms with van der Waals surface area (Å²) in [7, 11) is 0. The number of hydrogen-bond acceptors (Lipinski definition) is 4. The number of anilines is 1. The van der Waals surface area contributed by atoms with Crippen molar-refractivity contribution in [3.8, 4) is 0 Å². The maximum atomic E-state index is 14.4. The van der Waals surface area contributed by atoms with Gasteiger partial charge in [0.25, 0.3) is 5.91 Å². The molecule has 2 aromatic rings. The van der Waals surface area contributed by atoms with Crippen LogP contribution in [0.2, 0.25) is 0 Å². The van der Waals surface area contributed by atoms with Crippen molar-refractivity contribution < 1.29 is 14.0 Å². The number of rotatable bonds is 6. The molecule has 7 heteroatoms. The molecule has 2 amide bonds. The normalized spacial score (nSPS) is 17.8. The summed E-state index contributed by atoms with van der Waals surface area (Å²) in [6.07, 6.45) is 3.86. The molecule has 1 aromatic heterocycles. The fourth-order valence-electron chi connectivity index (χ4n) is 4.28. The number of hydrogen-bond donors (Lipinski definition) is 1. The molecule has 2 aliphatic rings. The van der Waals surface area contributed by atoms with Gasteiger partial charge in [0.2, 0.25) is 5.91 Å². The van der Waals surface area contributed by atoms with Crippen LogP contribution in [0.25, 0.3) is 0 Å². The van der Waals surface area contributed by atoms with Crippen LogP contribution < -0.4 is 5.32 Å². The van der Waals surface area contributed by atoms with Crippen LogP contribution >= 0.6 is 0 Å². The van der Waals surface area contributed by atoms with Gasteiger partial charge in [0.1, 0.15) is 5.82 Å².